The van der Waals surface area contributed by atoms with E-state index < -0.39 is 5.97 Å². The second-order valence-corrected chi connectivity index (χ2v) is 10.1. The highest BCUT2D eigenvalue weighted by Gasteiger charge is 2.24. The van der Waals surface area contributed by atoms with Crippen LogP contribution in [-0.4, -0.2) is 25.6 Å². The molecule has 0 aliphatic heterocycles. The van der Waals surface area contributed by atoms with E-state index in [9.17, 15) is 9.59 Å². The predicted molar refractivity (Wildman–Crippen MR) is 157 cm³/mol. The van der Waals surface area contributed by atoms with Crippen LogP contribution in [0.15, 0.2) is 78.9 Å². The Kier molecular flexibility index (Phi) is 9.18. The Hall–Kier alpha value is -4.36. The number of carbonyl (C=O) groups excluding carboxylic acids is 2. The second kappa shape index (κ2) is 12.9. The summed E-state index contributed by atoms with van der Waals surface area (Å²) in [4.78, 5) is 26.4. The van der Waals surface area contributed by atoms with E-state index in [0.717, 1.165) is 38.6 Å². The molecule has 0 aliphatic rings. The number of hydrogen-bond acceptors (Lipinski definition) is 6. The van der Waals surface area contributed by atoms with Crippen LogP contribution in [0.5, 0.6) is 11.5 Å². The van der Waals surface area contributed by atoms with Gasteiger partial charge in [-0.05, 0) is 67.8 Å². The van der Waals surface area contributed by atoms with Crippen LogP contribution in [0.3, 0.4) is 0 Å². The van der Waals surface area contributed by atoms with Crippen molar-refractivity contribution < 1.29 is 23.8 Å². The summed E-state index contributed by atoms with van der Waals surface area (Å²) in [7, 11) is 1.33. The lowest BCUT2D eigenvalue weighted by molar-refractivity contribution is -0.111. The van der Waals surface area contributed by atoms with Gasteiger partial charge in [-0.2, -0.15) is 0 Å². The molecule has 39 heavy (non-hydrogen) atoms. The zero-order chi connectivity index (χ0) is 27.8. The van der Waals surface area contributed by atoms with Crippen LogP contribution in [0.1, 0.15) is 38.8 Å². The van der Waals surface area contributed by atoms with Gasteiger partial charge in [0.15, 0.2) is 0 Å². The number of benzene rings is 3. The van der Waals surface area contributed by atoms with Gasteiger partial charge in [-0.25, -0.2) is 4.79 Å². The summed E-state index contributed by atoms with van der Waals surface area (Å²) in [5.41, 5.74) is 5.06. The molecule has 0 atom stereocenters. The molecule has 1 N–H and O–H groups in total. The van der Waals surface area contributed by atoms with Crippen molar-refractivity contribution >= 4 is 34.3 Å². The summed E-state index contributed by atoms with van der Waals surface area (Å²) in [6, 6.07) is 23.2. The van der Waals surface area contributed by atoms with Crippen LogP contribution in [0.25, 0.3) is 17.2 Å². The van der Waals surface area contributed by atoms with Crippen LogP contribution < -0.4 is 14.8 Å². The van der Waals surface area contributed by atoms with Gasteiger partial charge in [-0.15, -0.1) is 11.3 Å². The number of thiophene rings is 1. The Labute approximate surface area is 232 Å². The third kappa shape index (κ3) is 7.15. The minimum atomic E-state index is -0.510. The average molecular weight is 542 g/mol. The molecule has 0 unspecified atom stereocenters. The fourth-order valence-electron chi connectivity index (χ4n) is 4.01. The standard InChI is InChI=1S/C32H31NO5S/c1-5-37-26-17-13-25(14-18-26)29-22(3)39-31(30(29)32(35)36-4)33-28(34)19-12-23-10-15-27(16-11-23)38-20-24-8-6-21(2)7-9-24/h6-19H,5,20H2,1-4H3,(H,33,34)/b19-12+. The number of amides is 1. The Morgan fingerprint density at radius 3 is 2.15 bits per heavy atom. The van der Waals surface area contributed by atoms with Crippen molar-refractivity contribution in [3.8, 4) is 22.6 Å². The minimum Gasteiger partial charge on any atom is -0.494 e. The van der Waals surface area contributed by atoms with Gasteiger partial charge in [0.2, 0.25) is 5.91 Å². The highest BCUT2D eigenvalue weighted by atomic mass is 32.1. The molecule has 0 saturated heterocycles. The van der Waals surface area contributed by atoms with Crippen molar-refractivity contribution in [3.63, 3.8) is 0 Å². The van der Waals surface area contributed by atoms with Crippen LogP contribution in [0.4, 0.5) is 5.00 Å². The van der Waals surface area contributed by atoms with E-state index in [4.69, 9.17) is 14.2 Å². The molecule has 0 fully saturated rings. The third-order valence-corrected chi connectivity index (χ3v) is 7.02. The molecular weight excluding hydrogens is 510 g/mol. The molecule has 7 heteroatoms. The van der Waals surface area contributed by atoms with Crippen LogP contribution in [0.2, 0.25) is 0 Å². The normalized spacial score (nSPS) is 10.9. The summed E-state index contributed by atoms with van der Waals surface area (Å²) in [5.74, 6) is 0.636. The zero-order valence-corrected chi connectivity index (χ0v) is 23.3. The first-order chi connectivity index (χ1) is 18.9. The monoisotopic (exact) mass is 541 g/mol. The first kappa shape index (κ1) is 27.7. The van der Waals surface area contributed by atoms with Gasteiger partial charge in [0, 0.05) is 16.5 Å². The summed E-state index contributed by atoms with van der Waals surface area (Å²) in [6.45, 7) is 6.94. The van der Waals surface area contributed by atoms with Crippen molar-refractivity contribution in [2.75, 3.05) is 19.0 Å². The maximum Gasteiger partial charge on any atom is 0.341 e. The molecule has 0 spiro atoms. The number of carbonyl (C=O) groups is 2. The number of nitrogens with one attached hydrogen (secondary N) is 1. The highest BCUT2D eigenvalue weighted by molar-refractivity contribution is 7.17. The first-order valence-electron chi connectivity index (χ1n) is 12.6. The number of rotatable bonds is 10. The van der Waals surface area contributed by atoms with Gasteiger partial charge in [-0.1, -0.05) is 54.1 Å². The van der Waals surface area contributed by atoms with Gasteiger partial charge < -0.3 is 19.5 Å². The van der Waals surface area contributed by atoms with Crippen LogP contribution >= 0.6 is 11.3 Å². The summed E-state index contributed by atoms with van der Waals surface area (Å²) >= 11 is 1.34. The molecule has 3 aromatic carbocycles. The first-order valence-corrected chi connectivity index (χ1v) is 13.4. The van der Waals surface area contributed by atoms with E-state index in [1.807, 2.05) is 74.5 Å². The topological polar surface area (TPSA) is 73.9 Å². The Balaban J connectivity index is 1.44. The minimum absolute atomic E-state index is 0.334. The van der Waals surface area contributed by atoms with Crippen molar-refractivity contribution in [1.29, 1.82) is 0 Å². The molecule has 200 valence electrons. The van der Waals surface area contributed by atoms with E-state index in [2.05, 4.69) is 24.4 Å². The third-order valence-electron chi connectivity index (χ3n) is 6.00. The number of anilines is 1. The fraction of sp³-hybridized carbons (Fsp3) is 0.188. The molecule has 0 saturated carbocycles. The number of hydrogen-bond donors (Lipinski definition) is 1. The Morgan fingerprint density at radius 2 is 1.51 bits per heavy atom. The van der Waals surface area contributed by atoms with E-state index in [1.54, 1.807) is 6.08 Å². The highest BCUT2D eigenvalue weighted by Crippen LogP contribution is 2.40. The molecule has 4 rings (SSSR count). The van der Waals surface area contributed by atoms with Crippen molar-refractivity contribution in [2.45, 2.75) is 27.4 Å². The van der Waals surface area contributed by atoms with E-state index >= 15 is 0 Å². The molecule has 4 aromatic rings. The number of aryl methyl sites for hydroxylation is 2. The van der Waals surface area contributed by atoms with Crippen LogP contribution in [0, 0.1) is 13.8 Å². The molecule has 0 bridgehead atoms. The number of ether oxygens (including phenoxy) is 3. The summed E-state index contributed by atoms with van der Waals surface area (Å²) < 4.78 is 16.4. The van der Waals surface area contributed by atoms with Crippen molar-refractivity contribution in [3.05, 3.63) is 106 Å². The summed E-state index contributed by atoms with van der Waals surface area (Å²) in [5, 5.41) is 3.30. The smallest absolute Gasteiger partial charge is 0.341 e. The second-order valence-electron chi connectivity index (χ2n) is 8.85. The van der Waals surface area contributed by atoms with Gasteiger partial charge in [0.1, 0.15) is 28.7 Å². The van der Waals surface area contributed by atoms with E-state index in [1.165, 1.54) is 30.1 Å². The quantitative estimate of drug-likeness (QED) is 0.167. The Morgan fingerprint density at radius 1 is 0.872 bits per heavy atom. The molecule has 6 nitrogen and oxygen atoms in total. The molecule has 1 amide bonds. The SMILES string of the molecule is CCOc1ccc(-c2c(C)sc(NC(=O)/C=C/c3ccc(OCc4ccc(C)cc4)cc3)c2C(=O)OC)cc1. The van der Waals surface area contributed by atoms with Crippen molar-refractivity contribution in [2.24, 2.45) is 0 Å². The average Bonchev–Trinajstić information content (AvgIpc) is 3.27. The van der Waals surface area contributed by atoms with E-state index in [0.29, 0.717) is 23.8 Å². The van der Waals surface area contributed by atoms with Gasteiger partial charge in [0.05, 0.1) is 13.7 Å². The fourth-order valence-corrected chi connectivity index (χ4v) is 5.08. The lowest BCUT2D eigenvalue weighted by Crippen LogP contribution is -2.11. The van der Waals surface area contributed by atoms with E-state index in [-0.39, 0.29) is 5.91 Å². The maximum atomic E-state index is 12.8. The largest absolute Gasteiger partial charge is 0.494 e. The lowest BCUT2D eigenvalue weighted by atomic mass is 10.0. The lowest BCUT2D eigenvalue weighted by Gasteiger charge is -2.09. The molecule has 1 heterocycles. The maximum absolute atomic E-state index is 12.8. The summed E-state index contributed by atoms with van der Waals surface area (Å²) in [6.07, 6.45) is 3.15. The zero-order valence-electron chi connectivity index (χ0n) is 22.4. The van der Waals surface area contributed by atoms with Gasteiger partial charge in [-0.3, -0.25) is 4.79 Å². The molecule has 0 aliphatic carbocycles. The van der Waals surface area contributed by atoms with Gasteiger partial charge in [0.25, 0.3) is 0 Å². The van der Waals surface area contributed by atoms with Gasteiger partial charge >= 0.3 is 5.97 Å². The molecule has 1 aromatic heterocycles. The van der Waals surface area contributed by atoms with Crippen molar-refractivity contribution in [1.82, 2.24) is 0 Å². The number of methoxy groups -OCH3 is 1. The number of esters is 1. The molecular formula is C32H31NO5S. The molecule has 0 radical (unpaired) electrons. The Bertz CT molecular complexity index is 1450. The predicted octanol–water partition coefficient (Wildman–Crippen LogP) is 7.45. The van der Waals surface area contributed by atoms with Crippen LogP contribution in [-0.2, 0) is 16.1 Å².